The third kappa shape index (κ3) is 17.0. The van der Waals surface area contributed by atoms with E-state index in [0.717, 1.165) is 25.0 Å². The maximum absolute atomic E-state index is 10.0. The van der Waals surface area contributed by atoms with Gasteiger partial charge in [0.1, 0.15) is 12.9 Å². The van der Waals surface area contributed by atoms with Crippen molar-refractivity contribution >= 4 is 6.29 Å². The van der Waals surface area contributed by atoms with E-state index in [1.807, 2.05) is 13.8 Å². The molecule has 0 saturated heterocycles. The Hall–Kier alpha value is -1.37. The first-order valence-electron chi connectivity index (χ1n) is 6.79. The molecule has 0 spiro atoms. The number of carbonyl (C=O) groups is 1. The van der Waals surface area contributed by atoms with Crippen LogP contribution < -0.4 is 0 Å². The Morgan fingerprint density at radius 2 is 1.72 bits per heavy atom. The van der Waals surface area contributed by atoms with Crippen molar-refractivity contribution in [2.45, 2.75) is 72.8 Å². The summed E-state index contributed by atoms with van der Waals surface area (Å²) in [7, 11) is 0. The van der Waals surface area contributed by atoms with E-state index >= 15 is 0 Å². The minimum absolute atomic E-state index is 0. The van der Waals surface area contributed by atoms with E-state index in [0.29, 0.717) is 6.10 Å². The molecule has 1 aliphatic rings. The average Bonchev–Trinajstić information content (AvgIpc) is 2.30. The van der Waals surface area contributed by atoms with Crippen LogP contribution in [0.4, 0.5) is 0 Å². The number of carbonyl (C=O) groups excluding carboxylic acids is 1. The predicted molar refractivity (Wildman–Crippen MR) is 77.2 cm³/mol. The molecule has 0 amide bonds. The van der Waals surface area contributed by atoms with E-state index in [1.165, 1.54) is 19.3 Å². The molecule has 1 fully saturated rings. The van der Waals surface area contributed by atoms with Crippen LogP contribution in [-0.4, -0.2) is 19.0 Å². The second-order valence-electron chi connectivity index (χ2n) is 4.10. The topological polar surface area (TPSA) is 26.3 Å². The van der Waals surface area contributed by atoms with Crippen LogP contribution in [0.25, 0.3) is 0 Å². The van der Waals surface area contributed by atoms with Crippen LogP contribution in [-0.2, 0) is 9.53 Å². The number of hydrogen-bond acceptors (Lipinski definition) is 2. The van der Waals surface area contributed by atoms with Gasteiger partial charge in [-0.2, -0.15) is 0 Å². The molecule has 0 heterocycles. The molecular formula is C15H33NoO2-. The summed E-state index contributed by atoms with van der Waals surface area (Å²) in [5.74, 6) is 0.778. The molecule has 0 aromatic rings. The van der Waals surface area contributed by atoms with Crippen molar-refractivity contribution in [2.24, 2.45) is 5.92 Å². The number of aldehydes is 1. The molecule has 120 valence electrons. The van der Waals surface area contributed by atoms with Crippen LogP contribution in [0.1, 0.15) is 66.7 Å². The minimum atomic E-state index is 0. The molecule has 18 heavy (non-hydrogen) atoms. The molecule has 0 aromatic carbocycles. The maximum atomic E-state index is 10.0. The van der Waals surface area contributed by atoms with Crippen molar-refractivity contribution in [3.63, 3.8) is 0 Å². The third-order valence-electron chi connectivity index (χ3n) is 2.29. The van der Waals surface area contributed by atoms with Crippen molar-refractivity contribution in [1.82, 2.24) is 0 Å². The predicted octanol–water partition coefficient (Wildman–Crippen LogP) is 4.67. The van der Waals surface area contributed by atoms with Crippen LogP contribution in [0.2, 0.25) is 0 Å². The molecule has 1 rings (SSSR count). The van der Waals surface area contributed by atoms with Gasteiger partial charge in [0.2, 0.25) is 0 Å². The summed E-state index contributed by atoms with van der Waals surface area (Å²) >= 11 is 0. The molecule has 0 N–H and O–H groups in total. The zero-order chi connectivity index (χ0) is 12.8. The van der Waals surface area contributed by atoms with Gasteiger partial charge in [-0.25, -0.2) is 0 Å². The van der Waals surface area contributed by atoms with Crippen LogP contribution in [0.3, 0.4) is 0 Å². The molecule has 0 radical (unpaired) electrons. The zero-order valence-electron chi connectivity index (χ0n) is 13.1. The molecule has 2 atom stereocenters. The molecule has 0 aliphatic heterocycles. The smallest absolute Gasteiger partial charge is 0.145 e. The van der Waals surface area contributed by atoms with E-state index in [2.05, 4.69) is 20.8 Å². The first-order valence-corrected chi connectivity index (χ1v) is 6.79. The van der Waals surface area contributed by atoms with Crippen molar-refractivity contribution in [1.29, 1.82) is 0 Å². The van der Waals surface area contributed by atoms with Gasteiger partial charge in [0.25, 0.3) is 0 Å². The summed E-state index contributed by atoms with van der Waals surface area (Å²) in [6.07, 6.45) is 7.28. The average molecular weight is 504 g/mol. The first-order chi connectivity index (χ1) is 7.74. The zero-order valence-corrected chi connectivity index (χ0v) is 15.3. The largest absolute Gasteiger partial charge is 0.371 e. The fourth-order valence-corrected chi connectivity index (χ4v) is 1.71. The Morgan fingerprint density at radius 3 is 2.11 bits per heavy atom. The molecule has 1 saturated carbocycles. The van der Waals surface area contributed by atoms with E-state index in [4.69, 9.17) is 4.74 Å². The summed E-state index contributed by atoms with van der Waals surface area (Å²) in [5.41, 5.74) is 0. The molecule has 0 bridgehead atoms. The van der Waals surface area contributed by atoms with Gasteiger partial charge >= 0.3 is 0 Å². The minimum Gasteiger partial charge on any atom is -0.371 e. The number of hydrogen-bond donors (Lipinski definition) is 0. The van der Waals surface area contributed by atoms with Gasteiger partial charge in [-0.15, -0.1) is 0 Å². The summed E-state index contributed by atoms with van der Waals surface area (Å²) in [4.78, 5) is 10.0. The molecule has 0 unspecified atom stereocenters. The van der Waals surface area contributed by atoms with Gasteiger partial charge in [-0.1, -0.05) is 53.9 Å². The van der Waals surface area contributed by atoms with E-state index in [1.54, 1.807) is 0 Å². The first kappa shape index (κ1) is 25.5. The monoisotopic (exact) mass is 504 g/mol. The second kappa shape index (κ2) is 21.0. The van der Waals surface area contributed by atoms with Crippen molar-refractivity contribution in [3.05, 3.63) is 7.43 Å². The Morgan fingerprint density at radius 1 is 1.22 bits per heavy atom. The van der Waals surface area contributed by atoms with Gasteiger partial charge < -0.3 is 17.0 Å². The quantitative estimate of drug-likeness (QED) is 0.413. The molecular weight excluding hydrogens is 471 g/mol. The normalized spacial score (nSPS) is 20.7. The second-order valence-corrected chi connectivity index (χ2v) is 4.10. The fourth-order valence-electron chi connectivity index (χ4n) is 1.71. The summed E-state index contributed by atoms with van der Waals surface area (Å²) in [5, 5.41) is 0. The molecule has 2 nitrogen and oxygen atoms in total. The summed E-state index contributed by atoms with van der Waals surface area (Å²) < 4.78 is 5.33. The van der Waals surface area contributed by atoms with Gasteiger partial charge in [0.15, 0.2) is 0 Å². The molecule has 1 aliphatic carbocycles. The number of ether oxygens (including phenoxy) is 1. The van der Waals surface area contributed by atoms with Crippen molar-refractivity contribution in [2.75, 3.05) is 6.61 Å². The summed E-state index contributed by atoms with van der Waals surface area (Å²) in [6.45, 7) is 10.8. The summed E-state index contributed by atoms with van der Waals surface area (Å²) in [6, 6.07) is 0. The molecule has 0 aromatic heterocycles. The van der Waals surface area contributed by atoms with Crippen molar-refractivity contribution in [3.8, 4) is 0 Å². The van der Waals surface area contributed by atoms with E-state index in [-0.39, 0.29) is 14.0 Å². The maximum Gasteiger partial charge on any atom is 0.145 e. The van der Waals surface area contributed by atoms with Crippen LogP contribution in [0, 0.1) is 13.3 Å². The van der Waals surface area contributed by atoms with Gasteiger partial charge in [-0.3, -0.25) is 0 Å². The SMILES string of the molecule is CC.CCC.C[C@@H]1CCC[C@H](OCC=O)C1.[CH3-].[No]. The van der Waals surface area contributed by atoms with Gasteiger partial charge in [0.05, 0.1) is 6.10 Å². The van der Waals surface area contributed by atoms with E-state index in [9.17, 15) is 4.79 Å². The van der Waals surface area contributed by atoms with Gasteiger partial charge in [-0.05, 0) is 18.8 Å². The third-order valence-corrected chi connectivity index (χ3v) is 2.29. The Kier molecular flexibility index (Phi) is 29.7. The van der Waals surface area contributed by atoms with E-state index < -0.39 is 0 Å². The van der Waals surface area contributed by atoms with Crippen molar-refractivity contribution < 1.29 is 9.53 Å². The molecule has 3 heteroatoms. The number of rotatable bonds is 3. The van der Waals surface area contributed by atoms with Crippen LogP contribution in [0.5, 0.6) is 0 Å². The standard InChI is InChI=1S/C9H16O2.C3H8.C2H6.CH3.No/c1-8-3-2-4-9(7-8)11-6-5-10;1-3-2;1-2;;/h5,8-9H,2-4,6-7H2,1H3;3H2,1-2H3;1-2H3;1H3;/q;;;-1;/t8-,9+;;;;/m1..../s1. The Bertz CT molecular complexity index is 140. The Labute approximate surface area is 109 Å². The van der Waals surface area contributed by atoms with Crippen LogP contribution in [0.15, 0.2) is 0 Å². The fraction of sp³-hybridized carbons (Fsp3) is 0.867. The van der Waals surface area contributed by atoms with Crippen LogP contribution >= 0.6 is 0 Å². The Balaban J connectivity index is -0.000000124. The van der Waals surface area contributed by atoms with Gasteiger partial charge in [0, 0.05) is 0 Å².